The van der Waals surface area contributed by atoms with Gasteiger partial charge >= 0.3 is 0 Å². The van der Waals surface area contributed by atoms with E-state index in [4.69, 9.17) is 0 Å². The van der Waals surface area contributed by atoms with Gasteiger partial charge in [0.05, 0.1) is 30.5 Å². The molecule has 4 heterocycles. The second-order valence-corrected chi connectivity index (χ2v) is 6.50. The fraction of sp³-hybridized carbons (Fsp3) is 0.100. The van der Waals surface area contributed by atoms with Gasteiger partial charge in [-0.1, -0.05) is 0 Å². The highest BCUT2D eigenvalue weighted by Gasteiger charge is 2.18. The summed E-state index contributed by atoms with van der Waals surface area (Å²) < 4.78 is 15.5. The molecule has 1 aromatic carbocycles. The average molecular weight is 373 g/mol. The van der Waals surface area contributed by atoms with E-state index in [-0.39, 0.29) is 5.82 Å². The summed E-state index contributed by atoms with van der Waals surface area (Å²) in [6, 6.07) is 10.3. The normalized spacial score (nSPS) is 11.4. The number of pyridine rings is 1. The van der Waals surface area contributed by atoms with E-state index in [1.807, 2.05) is 22.9 Å². The lowest BCUT2D eigenvalue weighted by atomic mass is 10.0. The van der Waals surface area contributed by atoms with Gasteiger partial charge in [0.2, 0.25) is 0 Å². The van der Waals surface area contributed by atoms with Gasteiger partial charge in [0.25, 0.3) is 0 Å². The first-order chi connectivity index (χ1) is 13.7. The number of hydrogen-bond acceptors (Lipinski definition) is 4. The van der Waals surface area contributed by atoms with Gasteiger partial charge in [0.1, 0.15) is 17.2 Å². The predicted octanol–water partition coefficient (Wildman–Crippen LogP) is 3.41. The predicted molar refractivity (Wildman–Crippen MR) is 103 cm³/mol. The summed E-state index contributed by atoms with van der Waals surface area (Å²) in [6.45, 7) is 0.519. The number of fused-ring (bicyclic) bond motifs is 1. The van der Waals surface area contributed by atoms with Crippen molar-refractivity contribution in [3.05, 3.63) is 72.8 Å². The van der Waals surface area contributed by atoms with E-state index >= 15 is 0 Å². The molecule has 0 aliphatic carbocycles. The van der Waals surface area contributed by atoms with Crippen molar-refractivity contribution in [2.75, 3.05) is 0 Å². The molecule has 5 aromatic rings. The first kappa shape index (κ1) is 16.4. The van der Waals surface area contributed by atoms with Crippen LogP contribution in [0.2, 0.25) is 0 Å². The maximum atomic E-state index is 13.4. The van der Waals surface area contributed by atoms with Gasteiger partial charge in [-0.25, -0.2) is 14.4 Å². The number of imidazole rings is 1. The number of nitrogens with one attached hydrogen (secondary N) is 1. The number of aryl methyl sites for hydroxylation is 1. The number of nitrogens with zero attached hydrogens (tertiary/aromatic N) is 6. The van der Waals surface area contributed by atoms with E-state index in [0.717, 1.165) is 39.2 Å². The first-order valence-corrected chi connectivity index (χ1v) is 8.78. The van der Waals surface area contributed by atoms with Crippen LogP contribution in [0.5, 0.6) is 0 Å². The Morgan fingerprint density at radius 2 is 1.93 bits per heavy atom. The number of H-pyrrole nitrogens is 1. The quantitative estimate of drug-likeness (QED) is 0.524. The number of rotatable bonds is 4. The molecule has 0 saturated heterocycles. The molecule has 0 aliphatic rings. The van der Waals surface area contributed by atoms with Crippen LogP contribution in [-0.4, -0.2) is 34.5 Å². The third-order valence-electron chi connectivity index (χ3n) is 4.65. The highest BCUT2D eigenvalue weighted by atomic mass is 19.1. The molecule has 0 radical (unpaired) electrons. The van der Waals surface area contributed by atoms with Crippen molar-refractivity contribution in [2.24, 2.45) is 7.05 Å². The molecule has 0 spiro atoms. The topological polar surface area (TPSA) is 77.2 Å². The number of aromatic amines is 1. The Kier molecular flexibility index (Phi) is 3.75. The Morgan fingerprint density at radius 1 is 1.07 bits per heavy atom. The lowest BCUT2D eigenvalue weighted by Gasteiger charge is -2.11. The Balaban J connectivity index is 1.72. The van der Waals surface area contributed by atoms with Crippen molar-refractivity contribution in [1.29, 1.82) is 0 Å². The zero-order valence-corrected chi connectivity index (χ0v) is 15.0. The molecule has 0 amide bonds. The third-order valence-corrected chi connectivity index (χ3v) is 4.65. The van der Waals surface area contributed by atoms with E-state index in [9.17, 15) is 4.39 Å². The second-order valence-electron chi connectivity index (χ2n) is 6.50. The standard InChI is InChI=1S/C20H16FN7/c1-27-25-10-15(26-27)11-28-12-24-18(13-2-4-14(21)5-3-13)19(28)16-6-8-22-20-17(16)7-9-23-20/h2-10,12H,11H2,1H3,(H,22,23). The number of hydrogen-bond donors (Lipinski definition) is 1. The summed E-state index contributed by atoms with van der Waals surface area (Å²) in [6.07, 6.45) is 7.14. The lowest BCUT2D eigenvalue weighted by Crippen LogP contribution is -2.03. The summed E-state index contributed by atoms with van der Waals surface area (Å²) in [5, 5.41) is 9.51. The third kappa shape index (κ3) is 2.75. The molecule has 0 aliphatic heterocycles. The molecular formula is C20H16FN7. The number of benzene rings is 1. The van der Waals surface area contributed by atoms with Crippen LogP contribution in [0.15, 0.2) is 61.3 Å². The maximum Gasteiger partial charge on any atom is 0.137 e. The van der Waals surface area contributed by atoms with Crippen LogP contribution < -0.4 is 0 Å². The van der Waals surface area contributed by atoms with Crippen molar-refractivity contribution in [1.82, 2.24) is 34.5 Å². The monoisotopic (exact) mass is 373 g/mol. The van der Waals surface area contributed by atoms with Gasteiger partial charge in [0, 0.05) is 36.0 Å². The minimum absolute atomic E-state index is 0.277. The Bertz CT molecular complexity index is 1260. The SMILES string of the molecule is Cn1ncc(Cn2cnc(-c3ccc(F)cc3)c2-c2ccnc3[nH]ccc23)n1. The van der Waals surface area contributed by atoms with Gasteiger partial charge in [-0.05, 0) is 36.4 Å². The van der Waals surface area contributed by atoms with E-state index in [0.29, 0.717) is 6.54 Å². The van der Waals surface area contributed by atoms with Crippen LogP contribution in [0, 0.1) is 5.82 Å². The molecule has 0 unspecified atom stereocenters. The molecule has 8 heteroatoms. The van der Waals surface area contributed by atoms with Crippen molar-refractivity contribution >= 4 is 11.0 Å². The minimum Gasteiger partial charge on any atom is -0.346 e. The molecular weight excluding hydrogens is 357 g/mol. The summed E-state index contributed by atoms with van der Waals surface area (Å²) in [4.78, 5) is 13.7. The highest BCUT2D eigenvalue weighted by molar-refractivity contribution is 5.95. The van der Waals surface area contributed by atoms with Crippen molar-refractivity contribution in [2.45, 2.75) is 6.54 Å². The minimum atomic E-state index is -0.277. The molecule has 7 nitrogen and oxygen atoms in total. The summed E-state index contributed by atoms with van der Waals surface area (Å²) >= 11 is 0. The first-order valence-electron chi connectivity index (χ1n) is 8.78. The maximum absolute atomic E-state index is 13.4. The van der Waals surface area contributed by atoms with Crippen molar-refractivity contribution in [3.63, 3.8) is 0 Å². The fourth-order valence-corrected chi connectivity index (χ4v) is 3.41. The van der Waals surface area contributed by atoms with Gasteiger partial charge in [0.15, 0.2) is 0 Å². The van der Waals surface area contributed by atoms with Crippen molar-refractivity contribution < 1.29 is 4.39 Å². The largest absolute Gasteiger partial charge is 0.346 e. The Hall–Kier alpha value is -3.81. The van der Waals surface area contributed by atoms with E-state index in [1.165, 1.54) is 16.9 Å². The van der Waals surface area contributed by atoms with E-state index in [2.05, 4.69) is 25.1 Å². The molecule has 0 fully saturated rings. The zero-order chi connectivity index (χ0) is 19.1. The lowest BCUT2D eigenvalue weighted by molar-refractivity contribution is 0.628. The van der Waals surface area contributed by atoms with Gasteiger partial charge in [-0.15, -0.1) is 0 Å². The molecule has 0 bridgehead atoms. The average Bonchev–Trinajstić information content (AvgIpc) is 3.42. The van der Waals surface area contributed by atoms with Crippen molar-refractivity contribution in [3.8, 4) is 22.5 Å². The molecule has 28 heavy (non-hydrogen) atoms. The van der Waals surface area contributed by atoms with Crippen LogP contribution in [0.3, 0.4) is 0 Å². The molecule has 1 N–H and O–H groups in total. The van der Waals surface area contributed by atoms with Crippen LogP contribution in [0.4, 0.5) is 4.39 Å². The van der Waals surface area contributed by atoms with E-state index < -0.39 is 0 Å². The molecule has 0 atom stereocenters. The van der Waals surface area contributed by atoms with Crippen LogP contribution in [-0.2, 0) is 13.6 Å². The van der Waals surface area contributed by atoms with Gasteiger partial charge < -0.3 is 9.55 Å². The van der Waals surface area contributed by atoms with Crippen LogP contribution in [0.1, 0.15) is 5.69 Å². The second kappa shape index (κ2) is 6.41. The summed E-state index contributed by atoms with van der Waals surface area (Å²) in [7, 11) is 1.79. The summed E-state index contributed by atoms with van der Waals surface area (Å²) in [5.41, 5.74) is 5.16. The highest BCUT2D eigenvalue weighted by Crippen LogP contribution is 2.35. The zero-order valence-electron chi connectivity index (χ0n) is 15.0. The molecule has 5 rings (SSSR count). The molecule has 4 aromatic heterocycles. The van der Waals surface area contributed by atoms with Crippen LogP contribution >= 0.6 is 0 Å². The van der Waals surface area contributed by atoms with Gasteiger partial charge in [-0.2, -0.15) is 15.0 Å². The van der Waals surface area contributed by atoms with Crippen LogP contribution in [0.25, 0.3) is 33.5 Å². The Morgan fingerprint density at radius 3 is 2.71 bits per heavy atom. The Labute approximate surface area is 159 Å². The summed E-state index contributed by atoms with van der Waals surface area (Å²) in [5.74, 6) is -0.277. The molecule has 138 valence electrons. The van der Waals surface area contributed by atoms with E-state index in [1.54, 1.807) is 37.9 Å². The number of halogens is 1. The number of aromatic nitrogens is 7. The smallest absolute Gasteiger partial charge is 0.137 e. The molecule has 0 saturated carbocycles. The fourth-order valence-electron chi connectivity index (χ4n) is 3.41. The van der Waals surface area contributed by atoms with Gasteiger partial charge in [-0.3, -0.25) is 0 Å².